The molecular formula is C20H21N3O5S. The summed E-state index contributed by atoms with van der Waals surface area (Å²) in [6, 6.07) is 13.1. The molecule has 1 unspecified atom stereocenters. The number of hydrogen-bond acceptors (Lipinski definition) is 7. The summed E-state index contributed by atoms with van der Waals surface area (Å²) in [5, 5.41) is 13.5. The Morgan fingerprint density at radius 2 is 2.00 bits per heavy atom. The minimum Gasteiger partial charge on any atom is -0.508 e. The molecule has 0 aliphatic carbocycles. The zero-order chi connectivity index (χ0) is 20.3. The number of rotatable bonds is 7. The quantitative estimate of drug-likeness (QED) is 0.609. The van der Waals surface area contributed by atoms with Crippen molar-refractivity contribution in [3.8, 4) is 17.1 Å². The van der Waals surface area contributed by atoms with E-state index in [2.05, 4.69) is 14.9 Å². The third kappa shape index (κ3) is 4.81. The van der Waals surface area contributed by atoms with E-state index in [0.29, 0.717) is 30.3 Å². The van der Waals surface area contributed by atoms with E-state index < -0.39 is 10.0 Å². The molecule has 9 heteroatoms. The van der Waals surface area contributed by atoms with E-state index in [1.807, 2.05) is 6.07 Å². The van der Waals surface area contributed by atoms with Crippen molar-refractivity contribution < 1.29 is 22.8 Å². The molecule has 2 heterocycles. The van der Waals surface area contributed by atoms with Crippen LogP contribution in [0, 0.1) is 0 Å². The second-order valence-electron chi connectivity index (χ2n) is 6.87. The molecule has 0 saturated carbocycles. The summed E-state index contributed by atoms with van der Waals surface area (Å²) in [4.78, 5) is 4.51. The zero-order valence-electron chi connectivity index (χ0n) is 15.6. The number of phenols is 1. The summed E-state index contributed by atoms with van der Waals surface area (Å²) in [6.45, 7) is 0.951. The lowest BCUT2D eigenvalue weighted by atomic mass is 10.1. The summed E-state index contributed by atoms with van der Waals surface area (Å²) in [5.74, 6) is 0.948. The Bertz CT molecular complexity index is 1070. The number of phenolic OH excluding ortho intramolecular Hbond substituents is 1. The first-order valence-electron chi connectivity index (χ1n) is 9.32. The van der Waals surface area contributed by atoms with Crippen molar-refractivity contribution in [3.63, 3.8) is 0 Å². The second kappa shape index (κ2) is 8.32. The monoisotopic (exact) mass is 415 g/mol. The predicted molar refractivity (Wildman–Crippen MR) is 105 cm³/mol. The lowest BCUT2D eigenvalue weighted by Gasteiger charge is -2.11. The second-order valence-corrected chi connectivity index (χ2v) is 8.64. The summed E-state index contributed by atoms with van der Waals surface area (Å²) in [7, 11) is -3.60. The van der Waals surface area contributed by atoms with Gasteiger partial charge in [-0.25, -0.2) is 13.1 Å². The number of sulfonamides is 1. The van der Waals surface area contributed by atoms with Gasteiger partial charge in [0, 0.05) is 18.7 Å². The van der Waals surface area contributed by atoms with Gasteiger partial charge in [0.25, 0.3) is 0 Å². The third-order valence-corrected chi connectivity index (χ3v) is 6.12. The Labute approximate surface area is 168 Å². The molecule has 29 heavy (non-hydrogen) atoms. The van der Waals surface area contributed by atoms with Crippen LogP contribution in [0.15, 0.2) is 57.9 Å². The molecule has 2 N–H and O–H groups in total. The first-order valence-corrected chi connectivity index (χ1v) is 10.8. The van der Waals surface area contributed by atoms with Gasteiger partial charge < -0.3 is 14.4 Å². The van der Waals surface area contributed by atoms with Crippen LogP contribution >= 0.6 is 0 Å². The minimum atomic E-state index is -3.60. The fraction of sp³-hybridized carbons (Fsp3) is 0.300. The third-order valence-electron chi connectivity index (χ3n) is 4.68. The maximum absolute atomic E-state index is 12.4. The standard InChI is InChI=1S/C20H21N3O5S/c24-16-4-1-3-14(11-16)12-19-22-20(23-28-19)15-6-8-18(9-7-15)29(25,26)21-13-17-5-2-10-27-17/h1,3-4,6-9,11,17,21,24H,2,5,10,12-13H2. The topological polar surface area (TPSA) is 115 Å². The van der Waals surface area contributed by atoms with E-state index in [1.165, 1.54) is 12.1 Å². The Kier molecular flexibility index (Phi) is 5.61. The smallest absolute Gasteiger partial charge is 0.240 e. The molecule has 4 rings (SSSR count). The van der Waals surface area contributed by atoms with E-state index in [1.54, 1.807) is 30.3 Å². The number of nitrogens with zero attached hydrogens (tertiary/aromatic N) is 2. The molecule has 1 atom stereocenters. The lowest BCUT2D eigenvalue weighted by molar-refractivity contribution is 0.114. The van der Waals surface area contributed by atoms with Crippen LogP contribution in [0.2, 0.25) is 0 Å². The number of ether oxygens (including phenoxy) is 1. The van der Waals surface area contributed by atoms with Gasteiger partial charge in [-0.15, -0.1) is 0 Å². The highest BCUT2D eigenvalue weighted by Crippen LogP contribution is 2.21. The van der Waals surface area contributed by atoms with E-state index in [4.69, 9.17) is 9.26 Å². The maximum Gasteiger partial charge on any atom is 0.240 e. The van der Waals surface area contributed by atoms with Crippen LogP contribution in [-0.2, 0) is 21.2 Å². The fourth-order valence-electron chi connectivity index (χ4n) is 3.16. The number of benzene rings is 2. The van der Waals surface area contributed by atoms with E-state index >= 15 is 0 Å². The van der Waals surface area contributed by atoms with E-state index in [9.17, 15) is 13.5 Å². The number of nitrogens with one attached hydrogen (secondary N) is 1. The van der Waals surface area contributed by atoms with Gasteiger partial charge in [-0.2, -0.15) is 4.98 Å². The van der Waals surface area contributed by atoms with Crippen molar-refractivity contribution in [2.75, 3.05) is 13.2 Å². The van der Waals surface area contributed by atoms with E-state index in [0.717, 1.165) is 18.4 Å². The van der Waals surface area contributed by atoms with Gasteiger partial charge in [-0.05, 0) is 54.8 Å². The summed E-state index contributed by atoms with van der Waals surface area (Å²) >= 11 is 0. The molecule has 1 aliphatic heterocycles. The largest absolute Gasteiger partial charge is 0.508 e. The molecule has 0 bridgehead atoms. The molecule has 1 saturated heterocycles. The Morgan fingerprint density at radius 3 is 2.72 bits per heavy atom. The molecule has 3 aromatic rings. The molecule has 152 valence electrons. The van der Waals surface area contributed by atoms with Gasteiger partial charge >= 0.3 is 0 Å². The molecule has 1 fully saturated rings. The number of aromatic nitrogens is 2. The van der Waals surface area contributed by atoms with Crippen molar-refractivity contribution in [3.05, 3.63) is 60.0 Å². The van der Waals surface area contributed by atoms with Crippen molar-refractivity contribution in [2.45, 2.75) is 30.3 Å². The van der Waals surface area contributed by atoms with Crippen molar-refractivity contribution >= 4 is 10.0 Å². The Morgan fingerprint density at radius 1 is 1.17 bits per heavy atom. The minimum absolute atomic E-state index is 0.0617. The summed E-state index contributed by atoms with van der Waals surface area (Å²) in [5.41, 5.74) is 1.49. The molecule has 8 nitrogen and oxygen atoms in total. The van der Waals surface area contributed by atoms with E-state index in [-0.39, 0.29) is 23.3 Å². The van der Waals surface area contributed by atoms with Crippen molar-refractivity contribution in [1.82, 2.24) is 14.9 Å². The van der Waals surface area contributed by atoms with Crippen molar-refractivity contribution in [2.24, 2.45) is 0 Å². The van der Waals surface area contributed by atoms with Crippen LogP contribution in [-0.4, -0.2) is 42.9 Å². The fourth-order valence-corrected chi connectivity index (χ4v) is 4.23. The van der Waals surface area contributed by atoms with Gasteiger partial charge in [-0.1, -0.05) is 17.3 Å². The zero-order valence-corrected chi connectivity index (χ0v) is 16.4. The highest BCUT2D eigenvalue weighted by Gasteiger charge is 2.20. The summed E-state index contributed by atoms with van der Waals surface area (Å²) < 4.78 is 38.2. The Hall–Kier alpha value is -2.75. The maximum atomic E-state index is 12.4. The molecular weight excluding hydrogens is 394 g/mol. The molecule has 0 spiro atoms. The molecule has 2 aromatic carbocycles. The van der Waals surface area contributed by atoms with Crippen LogP contribution in [0.4, 0.5) is 0 Å². The normalized spacial score (nSPS) is 16.9. The number of hydrogen-bond donors (Lipinski definition) is 2. The molecule has 1 aromatic heterocycles. The first kappa shape index (κ1) is 19.6. The highest BCUT2D eigenvalue weighted by atomic mass is 32.2. The van der Waals surface area contributed by atoms with Crippen LogP contribution in [0.5, 0.6) is 5.75 Å². The van der Waals surface area contributed by atoms with Gasteiger partial charge in [-0.3, -0.25) is 0 Å². The van der Waals surface area contributed by atoms with Crippen LogP contribution in [0.1, 0.15) is 24.3 Å². The predicted octanol–water partition coefficient (Wildman–Crippen LogP) is 2.49. The molecule has 1 aliphatic rings. The summed E-state index contributed by atoms with van der Waals surface area (Å²) in [6.07, 6.45) is 2.15. The molecule has 0 amide bonds. The van der Waals surface area contributed by atoms with Crippen LogP contribution in [0.3, 0.4) is 0 Å². The van der Waals surface area contributed by atoms with Gasteiger partial charge in [0.05, 0.1) is 17.4 Å². The van der Waals surface area contributed by atoms with Crippen LogP contribution in [0.25, 0.3) is 11.4 Å². The molecule has 0 radical (unpaired) electrons. The number of aromatic hydroxyl groups is 1. The van der Waals surface area contributed by atoms with Gasteiger partial charge in [0.15, 0.2) is 0 Å². The average molecular weight is 415 g/mol. The first-order chi connectivity index (χ1) is 14.0. The van der Waals surface area contributed by atoms with Gasteiger partial charge in [0.1, 0.15) is 5.75 Å². The van der Waals surface area contributed by atoms with Gasteiger partial charge in [0.2, 0.25) is 21.7 Å². The lowest BCUT2D eigenvalue weighted by Crippen LogP contribution is -2.31. The highest BCUT2D eigenvalue weighted by molar-refractivity contribution is 7.89. The average Bonchev–Trinajstić information content (AvgIpc) is 3.39. The SMILES string of the molecule is O=S(=O)(NCC1CCCO1)c1ccc(-c2noc(Cc3cccc(O)c3)n2)cc1. The van der Waals surface area contributed by atoms with Crippen molar-refractivity contribution in [1.29, 1.82) is 0 Å². The Balaban J connectivity index is 1.43. The van der Waals surface area contributed by atoms with Crippen LogP contribution < -0.4 is 4.72 Å².